The molecule has 0 aliphatic rings. The summed E-state index contributed by atoms with van der Waals surface area (Å²) < 4.78 is 19.6. The Kier molecular flexibility index (Phi) is 6.80. The lowest BCUT2D eigenvalue weighted by molar-refractivity contribution is 0.289. The Morgan fingerprint density at radius 2 is 1.95 bits per heavy atom. The minimum atomic E-state index is -0.308. The van der Waals surface area contributed by atoms with E-state index in [1.54, 1.807) is 12.1 Å². The molecule has 0 saturated carbocycles. The predicted octanol–water partition coefficient (Wildman–Crippen LogP) is 4.53. The molecule has 0 amide bonds. The van der Waals surface area contributed by atoms with Crippen LogP contribution in [0.15, 0.2) is 22.7 Å². The molecule has 0 aromatic heterocycles. The molecule has 0 aliphatic carbocycles. The molecule has 0 spiro atoms. The molecule has 4 heteroatoms. The van der Waals surface area contributed by atoms with E-state index in [1.807, 2.05) is 0 Å². The van der Waals surface area contributed by atoms with Crippen LogP contribution >= 0.6 is 15.9 Å². The second-order valence-electron chi connectivity index (χ2n) is 5.66. The lowest BCUT2D eigenvalue weighted by Crippen LogP contribution is -2.36. The van der Waals surface area contributed by atoms with Gasteiger partial charge in [-0.3, -0.25) is 0 Å². The smallest absolute Gasteiger partial charge is 0.165 e. The van der Waals surface area contributed by atoms with Crippen molar-refractivity contribution < 1.29 is 9.13 Å². The fourth-order valence-corrected chi connectivity index (χ4v) is 1.98. The van der Waals surface area contributed by atoms with Crippen molar-refractivity contribution in [3.8, 4) is 5.75 Å². The molecular weight excluding hydrogens is 309 g/mol. The SMILES string of the molecule is CC(C)(C)NCCCCCOc1cc(Br)ccc1F. The van der Waals surface area contributed by atoms with Crippen molar-refractivity contribution in [1.82, 2.24) is 5.32 Å². The summed E-state index contributed by atoms with van der Waals surface area (Å²) in [5.74, 6) is 0.0137. The van der Waals surface area contributed by atoms with Crippen molar-refractivity contribution in [3.63, 3.8) is 0 Å². The number of hydrogen-bond donors (Lipinski definition) is 1. The van der Waals surface area contributed by atoms with Crippen molar-refractivity contribution >= 4 is 15.9 Å². The maximum Gasteiger partial charge on any atom is 0.165 e. The first-order valence-corrected chi connectivity index (χ1v) is 7.51. The lowest BCUT2D eigenvalue weighted by atomic mass is 10.1. The Balaban J connectivity index is 2.12. The summed E-state index contributed by atoms with van der Waals surface area (Å²) in [7, 11) is 0. The number of benzene rings is 1. The highest BCUT2D eigenvalue weighted by Gasteiger charge is 2.07. The molecule has 1 aromatic carbocycles. The number of ether oxygens (including phenoxy) is 1. The highest BCUT2D eigenvalue weighted by molar-refractivity contribution is 9.10. The van der Waals surface area contributed by atoms with Gasteiger partial charge in [-0.05, 0) is 64.8 Å². The van der Waals surface area contributed by atoms with Gasteiger partial charge in [-0.2, -0.15) is 0 Å². The van der Waals surface area contributed by atoms with E-state index < -0.39 is 0 Å². The summed E-state index contributed by atoms with van der Waals surface area (Å²) in [5, 5.41) is 3.44. The third kappa shape index (κ3) is 7.53. The molecule has 108 valence electrons. The van der Waals surface area contributed by atoms with Crippen LogP contribution in [0, 0.1) is 5.82 Å². The molecule has 0 bridgehead atoms. The lowest BCUT2D eigenvalue weighted by Gasteiger charge is -2.20. The van der Waals surface area contributed by atoms with Gasteiger partial charge in [0.1, 0.15) is 0 Å². The van der Waals surface area contributed by atoms with Gasteiger partial charge < -0.3 is 10.1 Å². The largest absolute Gasteiger partial charge is 0.490 e. The normalized spacial score (nSPS) is 11.6. The zero-order chi connectivity index (χ0) is 14.3. The molecule has 0 heterocycles. The van der Waals surface area contributed by atoms with Crippen LogP contribution in [-0.2, 0) is 0 Å². The van der Waals surface area contributed by atoms with E-state index >= 15 is 0 Å². The molecule has 19 heavy (non-hydrogen) atoms. The summed E-state index contributed by atoms with van der Waals surface area (Å²) in [6.45, 7) is 8.04. The molecule has 0 fully saturated rings. The number of hydrogen-bond acceptors (Lipinski definition) is 2. The van der Waals surface area contributed by atoms with Gasteiger partial charge in [-0.15, -0.1) is 0 Å². The van der Waals surface area contributed by atoms with Crippen LogP contribution in [0.1, 0.15) is 40.0 Å². The van der Waals surface area contributed by atoms with E-state index in [-0.39, 0.29) is 11.4 Å². The van der Waals surface area contributed by atoms with Gasteiger partial charge in [0.15, 0.2) is 11.6 Å². The van der Waals surface area contributed by atoms with Crippen molar-refractivity contribution in [2.75, 3.05) is 13.2 Å². The summed E-state index contributed by atoms with van der Waals surface area (Å²) in [6, 6.07) is 4.74. The Hall–Kier alpha value is -0.610. The van der Waals surface area contributed by atoms with Crippen molar-refractivity contribution in [2.45, 2.75) is 45.6 Å². The Bertz CT molecular complexity index is 390. The summed E-state index contributed by atoms with van der Waals surface area (Å²) in [5.41, 5.74) is 0.177. The van der Waals surface area contributed by atoms with Crippen molar-refractivity contribution in [1.29, 1.82) is 0 Å². The molecule has 1 rings (SSSR count). The number of unbranched alkanes of at least 4 members (excludes halogenated alkanes) is 2. The Labute approximate surface area is 123 Å². The second kappa shape index (κ2) is 7.85. The maximum atomic E-state index is 13.4. The maximum absolute atomic E-state index is 13.4. The van der Waals surface area contributed by atoms with E-state index in [9.17, 15) is 4.39 Å². The Morgan fingerprint density at radius 3 is 2.63 bits per heavy atom. The zero-order valence-electron chi connectivity index (χ0n) is 11.9. The van der Waals surface area contributed by atoms with E-state index in [1.165, 1.54) is 6.07 Å². The summed E-state index contributed by atoms with van der Waals surface area (Å²) in [4.78, 5) is 0. The molecular formula is C15H23BrFNO. The van der Waals surface area contributed by atoms with Gasteiger partial charge in [-0.1, -0.05) is 15.9 Å². The second-order valence-corrected chi connectivity index (χ2v) is 6.58. The van der Waals surface area contributed by atoms with Crippen LogP contribution in [0.25, 0.3) is 0 Å². The Morgan fingerprint density at radius 1 is 1.21 bits per heavy atom. The van der Waals surface area contributed by atoms with E-state index in [2.05, 4.69) is 42.0 Å². The number of nitrogens with one attached hydrogen (secondary N) is 1. The van der Waals surface area contributed by atoms with Gasteiger partial charge in [0, 0.05) is 10.0 Å². The molecule has 2 nitrogen and oxygen atoms in total. The topological polar surface area (TPSA) is 21.3 Å². The van der Waals surface area contributed by atoms with Crippen molar-refractivity contribution in [3.05, 3.63) is 28.5 Å². The standard InChI is InChI=1S/C15H23BrFNO/c1-15(2,3)18-9-5-4-6-10-19-14-11-12(16)7-8-13(14)17/h7-8,11,18H,4-6,9-10H2,1-3H3. The molecule has 1 aromatic rings. The monoisotopic (exact) mass is 331 g/mol. The first-order chi connectivity index (χ1) is 8.88. The van der Waals surface area contributed by atoms with Gasteiger partial charge >= 0.3 is 0 Å². The third-order valence-electron chi connectivity index (χ3n) is 2.63. The van der Waals surface area contributed by atoms with Crippen LogP contribution in [0.5, 0.6) is 5.75 Å². The van der Waals surface area contributed by atoms with E-state index in [0.29, 0.717) is 12.4 Å². The average Bonchev–Trinajstić information content (AvgIpc) is 2.31. The minimum absolute atomic E-state index is 0.177. The fraction of sp³-hybridized carbons (Fsp3) is 0.600. The predicted molar refractivity (Wildman–Crippen MR) is 81.2 cm³/mol. The first kappa shape index (κ1) is 16.4. The molecule has 0 unspecified atom stereocenters. The zero-order valence-corrected chi connectivity index (χ0v) is 13.5. The quantitative estimate of drug-likeness (QED) is 0.741. The van der Waals surface area contributed by atoms with E-state index in [4.69, 9.17) is 4.74 Å². The number of halogens is 2. The molecule has 0 atom stereocenters. The molecule has 1 N–H and O–H groups in total. The summed E-state index contributed by atoms with van der Waals surface area (Å²) in [6.07, 6.45) is 3.14. The van der Waals surface area contributed by atoms with Gasteiger partial charge in [0.25, 0.3) is 0 Å². The first-order valence-electron chi connectivity index (χ1n) is 6.71. The fourth-order valence-electron chi connectivity index (χ4n) is 1.64. The molecule has 0 aliphatic heterocycles. The highest BCUT2D eigenvalue weighted by atomic mass is 79.9. The van der Waals surface area contributed by atoms with Crippen LogP contribution in [0.3, 0.4) is 0 Å². The third-order valence-corrected chi connectivity index (χ3v) is 3.12. The minimum Gasteiger partial charge on any atom is -0.490 e. The van der Waals surface area contributed by atoms with Crippen LogP contribution in [0.4, 0.5) is 4.39 Å². The van der Waals surface area contributed by atoms with Crippen LogP contribution < -0.4 is 10.1 Å². The van der Waals surface area contributed by atoms with E-state index in [0.717, 1.165) is 30.3 Å². The molecule has 0 radical (unpaired) electrons. The van der Waals surface area contributed by atoms with Crippen LogP contribution in [0.2, 0.25) is 0 Å². The van der Waals surface area contributed by atoms with Gasteiger partial charge in [0.2, 0.25) is 0 Å². The van der Waals surface area contributed by atoms with Crippen LogP contribution in [-0.4, -0.2) is 18.7 Å². The number of rotatable bonds is 7. The summed E-state index contributed by atoms with van der Waals surface area (Å²) >= 11 is 3.30. The van der Waals surface area contributed by atoms with Crippen molar-refractivity contribution in [2.24, 2.45) is 0 Å². The average molecular weight is 332 g/mol. The van der Waals surface area contributed by atoms with Gasteiger partial charge in [0.05, 0.1) is 6.61 Å². The van der Waals surface area contributed by atoms with Gasteiger partial charge in [-0.25, -0.2) is 4.39 Å². The molecule has 0 saturated heterocycles. The highest BCUT2D eigenvalue weighted by Crippen LogP contribution is 2.22.